The number of carbonyl (C=O) groups excluding carboxylic acids is 1. The molecule has 0 heterocycles. The van der Waals surface area contributed by atoms with Crippen molar-refractivity contribution in [3.05, 3.63) is 90.8 Å². The van der Waals surface area contributed by atoms with Crippen LogP contribution >= 0.6 is 43.5 Å². The Morgan fingerprint density at radius 3 is 2.44 bits per heavy atom. The number of hydrogen-bond donors (Lipinski definition) is 1. The van der Waals surface area contributed by atoms with E-state index >= 15 is 0 Å². The Labute approximate surface area is 220 Å². The number of nitriles is 1. The Balaban J connectivity index is 1.84. The van der Waals surface area contributed by atoms with Crippen LogP contribution in [0.4, 0.5) is 5.69 Å². The van der Waals surface area contributed by atoms with Crippen molar-refractivity contribution in [2.75, 3.05) is 11.9 Å². The molecular weight excluding hydrogens is 584 g/mol. The summed E-state index contributed by atoms with van der Waals surface area (Å²) in [6.07, 6.45) is 1.50. The van der Waals surface area contributed by atoms with Gasteiger partial charge in [-0.3, -0.25) is 4.79 Å². The van der Waals surface area contributed by atoms with Gasteiger partial charge in [0.05, 0.1) is 6.61 Å². The van der Waals surface area contributed by atoms with E-state index < -0.39 is 5.91 Å². The lowest BCUT2D eigenvalue weighted by Gasteiger charge is -2.14. The Morgan fingerprint density at radius 1 is 1.09 bits per heavy atom. The van der Waals surface area contributed by atoms with E-state index in [4.69, 9.17) is 21.1 Å². The molecule has 8 heteroatoms. The molecular formula is C26H21Br2ClN2O3. The average Bonchev–Trinajstić information content (AvgIpc) is 2.81. The van der Waals surface area contributed by atoms with Crippen molar-refractivity contribution < 1.29 is 14.3 Å². The molecule has 0 saturated heterocycles. The van der Waals surface area contributed by atoms with Gasteiger partial charge in [0.2, 0.25) is 0 Å². The van der Waals surface area contributed by atoms with E-state index in [1.54, 1.807) is 30.3 Å². The summed E-state index contributed by atoms with van der Waals surface area (Å²) in [5, 5.41) is 12.8. The first-order valence-corrected chi connectivity index (χ1v) is 12.3. The van der Waals surface area contributed by atoms with Crippen LogP contribution in [0.5, 0.6) is 11.5 Å². The van der Waals surface area contributed by atoms with Gasteiger partial charge in [-0.2, -0.15) is 5.26 Å². The van der Waals surface area contributed by atoms with E-state index in [1.165, 1.54) is 6.08 Å². The van der Waals surface area contributed by atoms with E-state index in [2.05, 4.69) is 37.2 Å². The first kappa shape index (κ1) is 25.8. The normalized spacial score (nSPS) is 11.0. The highest BCUT2D eigenvalue weighted by atomic mass is 79.9. The van der Waals surface area contributed by atoms with E-state index in [0.29, 0.717) is 45.5 Å². The van der Waals surface area contributed by atoms with Gasteiger partial charge in [0.15, 0.2) is 11.5 Å². The molecule has 0 aromatic heterocycles. The molecule has 0 radical (unpaired) electrons. The molecule has 0 bridgehead atoms. The third kappa shape index (κ3) is 6.86. The molecule has 0 aliphatic carbocycles. The predicted octanol–water partition coefficient (Wildman–Crippen LogP) is 7.70. The van der Waals surface area contributed by atoms with E-state index in [9.17, 15) is 10.1 Å². The van der Waals surface area contributed by atoms with Crippen molar-refractivity contribution in [2.45, 2.75) is 20.5 Å². The van der Waals surface area contributed by atoms with Crippen LogP contribution in [-0.2, 0) is 11.4 Å². The van der Waals surface area contributed by atoms with Crippen LogP contribution in [0, 0.1) is 18.3 Å². The largest absolute Gasteiger partial charge is 0.490 e. The van der Waals surface area contributed by atoms with Crippen LogP contribution in [0.15, 0.2) is 69.1 Å². The van der Waals surface area contributed by atoms with Crippen molar-refractivity contribution >= 4 is 61.1 Å². The Bertz CT molecular complexity index is 1270. The SMILES string of the molecule is CCOc1cc(/C=C(/C#N)C(=O)Nc2ccc(C)c(Cl)c2)c(Br)cc1OCc1ccc(Br)cc1. The van der Waals surface area contributed by atoms with Crippen LogP contribution < -0.4 is 14.8 Å². The van der Waals surface area contributed by atoms with Gasteiger partial charge in [0.1, 0.15) is 18.2 Å². The average molecular weight is 605 g/mol. The molecule has 1 N–H and O–H groups in total. The van der Waals surface area contributed by atoms with Crippen molar-refractivity contribution in [1.82, 2.24) is 0 Å². The maximum absolute atomic E-state index is 12.7. The fourth-order valence-corrected chi connectivity index (χ4v) is 3.84. The van der Waals surface area contributed by atoms with Gasteiger partial charge in [-0.05, 0) is 73.0 Å². The Hall–Kier alpha value is -2.79. The van der Waals surface area contributed by atoms with Crippen LogP contribution in [0.25, 0.3) is 6.08 Å². The minimum Gasteiger partial charge on any atom is -0.490 e. The molecule has 1 amide bonds. The maximum atomic E-state index is 12.7. The smallest absolute Gasteiger partial charge is 0.266 e. The van der Waals surface area contributed by atoms with E-state index in [0.717, 1.165) is 15.6 Å². The minimum atomic E-state index is -0.539. The number of ether oxygens (including phenoxy) is 2. The Kier molecular flexibility index (Phi) is 9.17. The molecule has 0 fully saturated rings. The lowest BCUT2D eigenvalue weighted by Crippen LogP contribution is -2.13. The number of anilines is 1. The summed E-state index contributed by atoms with van der Waals surface area (Å²) in [4.78, 5) is 12.7. The zero-order chi connectivity index (χ0) is 24.7. The summed E-state index contributed by atoms with van der Waals surface area (Å²) < 4.78 is 13.4. The molecule has 3 rings (SSSR count). The van der Waals surface area contributed by atoms with Crippen molar-refractivity contribution in [1.29, 1.82) is 5.26 Å². The molecule has 174 valence electrons. The molecule has 5 nitrogen and oxygen atoms in total. The topological polar surface area (TPSA) is 71.3 Å². The summed E-state index contributed by atoms with van der Waals surface area (Å²) in [5.74, 6) is 0.519. The van der Waals surface area contributed by atoms with Crippen molar-refractivity contribution in [2.24, 2.45) is 0 Å². The van der Waals surface area contributed by atoms with Crippen LogP contribution in [0.1, 0.15) is 23.6 Å². The number of hydrogen-bond acceptors (Lipinski definition) is 4. The molecule has 0 unspecified atom stereocenters. The number of halogens is 3. The number of nitrogens with one attached hydrogen (secondary N) is 1. The number of amides is 1. The fraction of sp³-hybridized carbons (Fsp3) is 0.154. The molecule has 0 aliphatic heterocycles. The van der Waals surface area contributed by atoms with Gasteiger partial charge < -0.3 is 14.8 Å². The van der Waals surface area contributed by atoms with Gasteiger partial charge in [-0.15, -0.1) is 0 Å². The maximum Gasteiger partial charge on any atom is 0.266 e. The summed E-state index contributed by atoms with van der Waals surface area (Å²) in [6.45, 7) is 4.53. The first-order chi connectivity index (χ1) is 16.3. The second-order valence-corrected chi connectivity index (χ2v) is 9.43. The summed E-state index contributed by atoms with van der Waals surface area (Å²) in [7, 11) is 0. The first-order valence-electron chi connectivity index (χ1n) is 10.3. The zero-order valence-corrected chi connectivity index (χ0v) is 22.4. The predicted molar refractivity (Wildman–Crippen MR) is 142 cm³/mol. The second kappa shape index (κ2) is 12.1. The van der Waals surface area contributed by atoms with Crippen molar-refractivity contribution in [3.63, 3.8) is 0 Å². The molecule has 3 aromatic rings. The summed E-state index contributed by atoms with van der Waals surface area (Å²) >= 11 is 13.1. The standard InChI is InChI=1S/C26H21Br2ClN2O3/c1-3-33-24-11-18(22(28)13-25(24)34-15-17-5-7-20(27)8-6-17)10-19(14-30)26(32)31-21-9-4-16(2)23(29)12-21/h4-13H,3,15H2,1-2H3,(H,31,32)/b19-10-. The number of nitrogens with zero attached hydrogens (tertiary/aromatic N) is 1. The quantitative estimate of drug-likeness (QED) is 0.211. The van der Waals surface area contributed by atoms with E-state index in [-0.39, 0.29) is 5.57 Å². The molecule has 0 saturated carbocycles. The lowest BCUT2D eigenvalue weighted by atomic mass is 10.1. The molecule has 3 aromatic carbocycles. The van der Waals surface area contributed by atoms with Crippen molar-refractivity contribution in [3.8, 4) is 17.6 Å². The van der Waals surface area contributed by atoms with Crippen LogP contribution in [0.2, 0.25) is 5.02 Å². The third-order valence-electron chi connectivity index (χ3n) is 4.77. The molecule has 0 spiro atoms. The highest BCUT2D eigenvalue weighted by molar-refractivity contribution is 9.10. The second-order valence-electron chi connectivity index (χ2n) is 7.26. The highest BCUT2D eigenvalue weighted by Gasteiger charge is 2.15. The Morgan fingerprint density at radius 2 is 1.79 bits per heavy atom. The highest BCUT2D eigenvalue weighted by Crippen LogP contribution is 2.35. The van der Waals surface area contributed by atoms with Crippen LogP contribution in [0.3, 0.4) is 0 Å². The number of rotatable bonds is 8. The number of carbonyl (C=O) groups is 1. The molecule has 0 atom stereocenters. The van der Waals surface area contributed by atoms with Gasteiger partial charge in [-0.25, -0.2) is 0 Å². The zero-order valence-electron chi connectivity index (χ0n) is 18.5. The number of benzene rings is 3. The third-order valence-corrected chi connectivity index (χ3v) is 6.39. The fourth-order valence-electron chi connectivity index (χ4n) is 2.96. The van der Waals surface area contributed by atoms with Gasteiger partial charge in [0, 0.05) is 19.7 Å². The summed E-state index contributed by atoms with van der Waals surface area (Å²) in [5.41, 5.74) is 2.94. The van der Waals surface area contributed by atoms with Gasteiger partial charge in [0.25, 0.3) is 5.91 Å². The minimum absolute atomic E-state index is 0.0663. The molecule has 0 aliphatic rings. The summed E-state index contributed by atoms with van der Waals surface area (Å²) in [6, 6.07) is 18.5. The van der Waals surface area contributed by atoms with Crippen LogP contribution in [-0.4, -0.2) is 12.5 Å². The molecule has 34 heavy (non-hydrogen) atoms. The van der Waals surface area contributed by atoms with Gasteiger partial charge in [-0.1, -0.05) is 61.7 Å². The van der Waals surface area contributed by atoms with E-state index in [1.807, 2.05) is 44.2 Å². The lowest BCUT2D eigenvalue weighted by molar-refractivity contribution is -0.112. The van der Waals surface area contributed by atoms with Gasteiger partial charge >= 0.3 is 0 Å². The number of aryl methyl sites for hydroxylation is 1. The monoisotopic (exact) mass is 602 g/mol.